The van der Waals surface area contributed by atoms with Gasteiger partial charge in [0, 0.05) is 11.2 Å². The van der Waals surface area contributed by atoms with Crippen LogP contribution in [0.15, 0.2) is 83.9 Å². The second kappa shape index (κ2) is 8.64. The van der Waals surface area contributed by atoms with Gasteiger partial charge in [-0.3, -0.25) is 4.99 Å². The van der Waals surface area contributed by atoms with Crippen LogP contribution in [0.25, 0.3) is 5.69 Å². The average molecular weight is 420 g/mol. The predicted molar refractivity (Wildman–Crippen MR) is 121 cm³/mol. The van der Waals surface area contributed by atoms with Gasteiger partial charge >= 0.3 is 0 Å². The van der Waals surface area contributed by atoms with Crippen molar-refractivity contribution in [3.05, 3.63) is 111 Å². The number of aliphatic imine (C=N–C) groups is 1. The minimum atomic E-state index is 0.522. The molecule has 0 atom stereocenters. The summed E-state index contributed by atoms with van der Waals surface area (Å²) in [5.74, 6) is 0. The molecule has 0 amide bonds. The summed E-state index contributed by atoms with van der Waals surface area (Å²) in [4.78, 5) is 4.73. The lowest BCUT2D eigenvalue weighted by Crippen LogP contribution is -1.96. The number of halogens is 2. The number of aromatic nitrogens is 2. The minimum Gasteiger partial charge on any atom is -0.256 e. The molecular formula is C24H19Cl2N3. The van der Waals surface area contributed by atoms with Gasteiger partial charge in [0.1, 0.15) is 5.15 Å². The Morgan fingerprint density at radius 1 is 0.897 bits per heavy atom. The molecule has 0 aliphatic rings. The molecule has 0 N–H and O–H groups in total. The van der Waals surface area contributed by atoms with Gasteiger partial charge in [0.25, 0.3) is 0 Å². The average Bonchev–Trinajstić information content (AvgIpc) is 3.02. The first kappa shape index (κ1) is 19.4. The molecule has 0 aliphatic carbocycles. The molecule has 1 heterocycles. The Labute approximate surface area is 180 Å². The molecular weight excluding hydrogens is 401 g/mol. The second-order valence-corrected chi connectivity index (χ2v) is 7.52. The summed E-state index contributed by atoms with van der Waals surface area (Å²) in [6, 6.07) is 25.9. The molecule has 0 bridgehead atoms. The number of hydrogen-bond donors (Lipinski definition) is 0. The summed E-state index contributed by atoms with van der Waals surface area (Å²) in [5.41, 5.74) is 5.80. The Balaban J connectivity index is 1.64. The second-order valence-electron chi connectivity index (χ2n) is 6.73. The molecule has 0 unspecified atom stereocenters. The highest BCUT2D eigenvalue weighted by Crippen LogP contribution is 2.26. The van der Waals surface area contributed by atoms with Crippen LogP contribution in [0.3, 0.4) is 0 Å². The maximum atomic E-state index is 6.62. The maximum absolute atomic E-state index is 6.62. The largest absolute Gasteiger partial charge is 0.256 e. The van der Waals surface area contributed by atoms with Gasteiger partial charge in [-0.25, -0.2) is 4.68 Å². The number of aryl methyl sites for hydroxylation is 1. The van der Waals surface area contributed by atoms with Crippen LogP contribution in [-0.2, 0) is 6.42 Å². The third-order valence-corrected chi connectivity index (χ3v) is 5.30. The molecule has 29 heavy (non-hydrogen) atoms. The number of nitrogens with zero attached hydrogens (tertiary/aromatic N) is 3. The summed E-state index contributed by atoms with van der Waals surface area (Å²) < 4.78 is 1.70. The molecule has 3 aromatic carbocycles. The monoisotopic (exact) mass is 419 g/mol. The van der Waals surface area contributed by atoms with E-state index in [1.54, 1.807) is 10.9 Å². The van der Waals surface area contributed by atoms with Crippen molar-refractivity contribution in [1.82, 2.24) is 9.78 Å². The van der Waals surface area contributed by atoms with Crippen LogP contribution < -0.4 is 0 Å². The van der Waals surface area contributed by atoms with Gasteiger partial charge in [-0.15, -0.1) is 0 Å². The molecule has 4 aromatic rings. The van der Waals surface area contributed by atoms with Gasteiger partial charge in [-0.2, -0.15) is 5.10 Å². The third kappa shape index (κ3) is 4.42. The van der Waals surface area contributed by atoms with Crippen molar-refractivity contribution in [1.29, 1.82) is 0 Å². The van der Waals surface area contributed by atoms with Crippen molar-refractivity contribution in [2.45, 2.75) is 13.3 Å². The van der Waals surface area contributed by atoms with Crippen LogP contribution in [0.2, 0.25) is 10.2 Å². The first-order valence-corrected chi connectivity index (χ1v) is 10.0. The summed E-state index contributed by atoms with van der Waals surface area (Å²) in [7, 11) is 0. The fourth-order valence-electron chi connectivity index (χ4n) is 3.15. The van der Waals surface area contributed by atoms with Crippen molar-refractivity contribution in [3.8, 4) is 5.69 Å². The Kier molecular flexibility index (Phi) is 5.79. The zero-order chi connectivity index (χ0) is 20.2. The highest BCUT2D eigenvalue weighted by Gasteiger charge is 2.13. The standard InChI is InChI=1S/C24H19Cl2N3/c1-17-22(24(26)29(28-17)21-13-11-20(25)12-14-21)16-27-23-10-6-5-9-19(23)15-18-7-3-2-4-8-18/h2-14,16H,15H2,1H3. The van der Waals surface area contributed by atoms with E-state index in [4.69, 9.17) is 28.2 Å². The first-order valence-electron chi connectivity index (χ1n) is 9.29. The zero-order valence-electron chi connectivity index (χ0n) is 15.9. The van der Waals surface area contributed by atoms with Crippen LogP contribution in [0, 0.1) is 6.92 Å². The molecule has 4 rings (SSSR count). The molecule has 5 heteroatoms. The van der Waals surface area contributed by atoms with E-state index >= 15 is 0 Å². The van der Waals surface area contributed by atoms with E-state index < -0.39 is 0 Å². The molecule has 3 nitrogen and oxygen atoms in total. The number of para-hydroxylation sites is 1. The molecule has 0 aliphatic heterocycles. The van der Waals surface area contributed by atoms with Crippen LogP contribution in [0.5, 0.6) is 0 Å². The van der Waals surface area contributed by atoms with Gasteiger partial charge in [0.2, 0.25) is 0 Å². The first-order chi connectivity index (χ1) is 14.1. The van der Waals surface area contributed by atoms with Crippen LogP contribution in [0.4, 0.5) is 5.69 Å². The van der Waals surface area contributed by atoms with Crippen LogP contribution in [-0.4, -0.2) is 16.0 Å². The quantitative estimate of drug-likeness (QED) is 0.326. The van der Waals surface area contributed by atoms with E-state index in [2.05, 4.69) is 35.4 Å². The SMILES string of the molecule is Cc1nn(-c2ccc(Cl)cc2)c(Cl)c1C=Nc1ccccc1Cc1ccccc1. The summed E-state index contributed by atoms with van der Waals surface area (Å²) in [5, 5.41) is 5.76. The number of hydrogen-bond acceptors (Lipinski definition) is 2. The number of rotatable bonds is 5. The van der Waals surface area contributed by atoms with Crippen molar-refractivity contribution in [2.24, 2.45) is 4.99 Å². The van der Waals surface area contributed by atoms with Gasteiger partial charge in [-0.1, -0.05) is 71.7 Å². The molecule has 0 fully saturated rings. The highest BCUT2D eigenvalue weighted by molar-refractivity contribution is 6.32. The summed E-state index contributed by atoms with van der Waals surface area (Å²) in [6.07, 6.45) is 2.62. The van der Waals surface area contributed by atoms with E-state index in [0.717, 1.165) is 34.6 Å². The van der Waals surface area contributed by atoms with E-state index in [1.807, 2.05) is 55.5 Å². The van der Waals surface area contributed by atoms with Crippen molar-refractivity contribution in [3.63, 3.8) is 0 Å². The minimum absolute atomic E-state index is 0.522. The van der Waals surface area contributed by atoms with Crippen LogP contribution >= 0.6 is 23.2 Å². The summed E-state index contributed by atoms with van der Waals surface area (Å²) in [6.45, 7) is 1.93. The third-order valence-electron chi connectivity index (χ3n) is 4.68. The lowest BCUT2D eigenvalue weighted by atomic mass is 10.0. The fourth-order valence-corrected chi connectivity index (χ4v) is 3.59. The molecule has 0 spiro atoms. The lowest BCUT2D eigenvalue weighted by molar-refractivity contribution is 0.863. The van der Waals surface area contributed by atoms with E-state index in [-0.39, 0.29) is 0 Å². The van der Waals surface area contributed by atoms with E-state index in [1.165, 1.54) is 5.56 Å². The van der Waals surface area contributed by atoms with Gasteiger partial charge in [-0.05, 0) is 54.8 Å². The Hall–Kier alpha value is -2.88. The van der Waals surface area contributed by atoms with E-state index in [0.29, 0.717) is 10.2 Å². The Morgan fingerprint density at radius 3 is 2.34 bits per heavy atom. The van der Waals surface area contributed by atoms with Gasteiger partial charge in [0.05, 0.1) is 22.6 Å². The zero-order valence-corrected chi connectivity index (χ0v) is 17.4. The molecule has 0 saturated heterocycles. The fraction of sp³-hybridized carbons (Fsp3) is 0.0833. The van der Waals surface area contributed by atoms with Gasteiger partial charge in [0.15, 0.2) is 0 Å². The molecule has 0 saturated carbocycles. The number of benzene rings is 3. The highest BCUT2D eigenvalue weighted by atomic mass is 35.5. The Morgan fingerprint density at radius 2 is 1.59 bits per heavy atom. The molecule has 0 radical (unpaired) electrons. The van der Waals surface area contributed by atoms with Gasteiger partial charge < -0.3 is 0 Å². The molecule has 144 valence electrons. The topological polar surface area (TPSA) is 30.2 Å². The Bertz CT molecular complexity index is 1150. The maximum Gasteiger partial charge on any atom is 0.141 e. The van der Waals surface area contributed by atoms with E-state index in [9.17, 15) is 0 Å². The smallest absolute Gasteiger partial charge is 0.141 e. The summed E-state index contributed by atoms with van der Waals surface area (Å²) >= 11 is 12.6. The molecule has 1 aromatic heterocycles. The predicted octanol–water partition coefficient (Wildman–Crippen LogP) is 6.83. The van der Waals surface area contributed by atoms with Crippen molar-refractivity contribution in [2.75, 3.05) is 0 Å². The normalized spacial score (nSPS) is 11.3. The lowest BCUT2D eigenvalue weighted by Gasteiger charge is -2.06. The van der Waals surface area contributed by atoms with Crippen molar-refractivity contribution >= 4 is 35.1 Å². The van der Waals surface area contributed by atoms with Crippen LogP contribution in [0.1, 0.15) is 22.4 Å². The van der Waals surface area contributed by atoms with Crippen molar-refractivity contribution < 1.29 is 0 Å².